The molecule has 0 bridgehead atoms. The molecule has 1 aliphatic heterocycles. The van der Waals surface area contributed by atoms with Gasteiger partial charge in [-0.2, -0.15) is 0 Å². The number of fused-ring (bicyclic) bond motifs is 1. The second-order valence-corrected chi connectivity index (χ2v) is 8.32. The summed E-state index contributed by atoms with van der Waals surface area (Å²) in [5.74, 6) is 0.838. The van der Waals surface area contributed by atoms with Gasteiger partial charge in [0.05, 0.1) is 0 Å². The van der Waals surface area contributed by atoms with Crippen LogP contribution < -0.4 is 0 Å². The average molecular weight is 387 g/mol. The van der Waals surface area contributed by atoms with Gasteiger partial charge in [-0.15, -0.1) is 0 Å². The predicted octanol–water partition coefficient (Wildman–Crippen LogP) is 5.86. The molecule has 0 atom stereocenters. The first-order valence-corrected chi connectivity index (χ1v) is 10.7. The van der Waals surface area contributed by atoms with Crippen molar-refractivity contribution < 1.29 is 4.79 Å². The van der Waals surface area contributed by atoms with E-state index in [9.17, 15) is 4.79 Å². The van der Waals surface area contributed by atoms with Gasteiger partial charge in [-0.1, -0.05) is 43.8 Å². The Morgan fingerprint density at radius 1 is 1.14 bits per heavy atom. The Balaban J connectivity index is 1.51. The molecule has 2 aromatic carbocycles. The van der Waals surface area contributed by atoms with Gasteiger partial charge in [-0.3, -0.25) is 4.79 Å². The number of nitrogens with zero attached hydrogens (tertiary/aromatic N) is 1. The second kappa shape index (κ2) is 8.28. The molecule has 0 saturated carbocycles. The number of aromatic amines is 1. The van der Waals surface area contributed by atoms with Gasteiger partial charge in [-0.25, -0.2) is 0 Å². The zero-order chi connectivity index (χ0) is 20.4. The number of piperidine rings is 1. The molecular formula is C26H30N2O. The molecule has 0 aliphatic carbocycles. The van der Waals surface area contributed by atoms with Gasteiger partial charge in [0.2, 0.25) is 0 Å². The minimum Gasteiger partial charge on any atom is -0.361 e. The summed E-state index contributed by atoms with van der Waals surface area (Å²) in [6.45, 7) is 9.90. The smallest absolute Gasteiger partial charge is 0.254 e. The third-order valence-electron chi connectivity index (χ3n) is 6.25. The lowest BCUT2D eigenvalue weighted by Crippen LogP contribution is -2.39. The van der Waals surface area contributed by atoms with Crippen molar-refractivity contribution in [2.75, 3.05) is 13.1 Å². The molecule has 2 heterocycles. The summed E-state index contributed by atoms with van der Waals surface area (Å²) in [6, 6.07) is 14.9. The molecule has 0 unspecified atom stereocenters. The highest BCUT2D eigenvalue weighted by molar-refractivity contribution is 6.02. The van der Waals surface area contributed by atoms with Crippen molar-refractivity contribution in [2.45, 2.75) is 39.5 Å². The maximum absolute atomic E-state index is 13.4. The highest BCUT2D eigenvalue weighted by Crippen LogP contribution is 2.29. The highest BCUT2D eigenvalue weighted by Gasteiger charge is 2.25. The molecule has 1 amide bonds. The third-order valence-corrected chi connectivity index (χ3v) is 6.25. The van der Waals surface area contributed by atoms with Crippen molar-refractivity contribution in [3.05, 3.63) is 77.5 Å². The normalized spacial score (nSPS) is 15.0. The summed E-state index contributed by atoms with van der Waals surface area (Å²) in [4.78, 5) is 18.8. The van der Waals surface area contributed by atoms with E-state index in [2.05, 4.69) is 65.9 Å². The molecule has 0 spiro atoms. The Bertz CT molecular complexity index is 1020. The molecule has 1 saturated heterocycles. The van der Waals surface area contributed by atoms with Crippen LogP contribution in [0.25, 0.3) is 16.5 Å². The van der Waals surface area contributed by atoms with E-state index in [0.717, 1.165) is 71.9 Å². The van der Waals surface area contributed by atoms with Gasteiger partial charge in [0, 0.05) is 41.3 Å². The van der Waals surface area contributed by atoms with E-state index >= 15 is 0 Å². The number of allylic oxidation sites excluding steroid dienone is 1. The monoisotopic (exact) mass is 386 g/mol. The number of aromatic nitrogens is 1. The summed E-state index contributed by atoms with van der Waals surface area (Å²) in [6.07, 6.45) is 6.11. The summed E-state index contributed by atoms with van der Waals surface area (Å²) >= 11 is 0. The number of amides is 1. The van der Waals surface area contributed by atoms with Gasteiger partial charge in [-0.05, 0) is 67.4 Å². The van der Waals surface area contributed by atoms with Crippen LogP contribution in [0.2, 0.25) is 0 Å². The molecule has 3 heteroatoms. The standard InChI is InChI=1S/C26H30N2O/c1-4-21-15-25-23(24(17-27-25)18(2)3)16-22(21)26(29)28-12-10-20(11-13-28)14-19-8-6-5-7-9-19/h5-9,15-17,20,27H,2,4,10-14H2,1,3H3. The van der Waals surface area contributed by atoms with Gasteiger partial charge < -0.3 is 9.88 Å². The summed E-state index contributed by atoms with van der Waals surface area (Å²) in [5.41, 5.74) is 6.56. The number of nitrogens with one attached hydrogen (secondary N) is 1. The minimum atomic E-state index is 0.177. The number of aryl methyl sites for hydroxylation is 1. The molecule has 150 valence electrons. The molecule has 3 aromatic rings. The molecule has 1 N–H and O–H groups in total. The quantitative estimate of drug-likeness (QED) is 0.586. The van der Waals surface area contributed by atoms with Crippen LogP contribution in [0, 0.1) is 5.92 Å². The maximum atomic E-state index is 13.4. The van der Waals surface area contributed by atoms with Crippen molar-refractivity contribution >= 4 is 22.4 Å². The van der Waals surface area contributed by atoms with E-state index in [1.165, 1.54) is 5.56 Å². The zero-order valence-corrected chi connectivity index (χ0v) is 17.5. The Morgan fingerprint density at radius 3 is 2.52 bits per heavy atom. The van der Waals surface area contributed by atoms with E-state index in [0.29, 0.717) is 5.92 Å². The molecule has 4 rings (SSSR count). The number of likely N-dealkylation sites (tertiary alicyclic amines) is 1. The Hall–Kier alpha value is -2.81. The van der Waals surface area contributed by atoms with Crippen LogP contribution in [0.1, 0.15) is 53.7 Å². The van der Waals surface area contributed by atoms with E-state index in [1.54, 1.807) is 0 Å². The Morgan fingerprint density at radius 2 is 1.86 bits per heavy atom. The molecule has 1 aliphatic rings. The van der Waals surface area contributed by atoms with E-state index < -0.39 is 0 Å². The van der Waals surface area contributed by atoms with Gasteiger partial charge in [0.1, 0.15) is 0 Å². The number of carbonyl (C=O) groups is 1. The molecule has 29 heavy (non-hydrogen) atoms. The number of H-pyrrole nitrogens is 1. The first kappa shape index (κ1) is 19.5. The van der Waals surface area contributed by atoms with Crippen LogP contribution >= 0.6 is 0 Å². The molecule has 3 nitrogen and oxygen atoms in total. The summed E-state index contributed by atoms with van der Waals surface area (Å²) in [7, 11) is 0. The molecular weight excluding hydrogens is 356 g/mol. The lowest BCUT2D eigenvalue weighted by Gasteiger charge is -2.32. The van der Waals surface area contributed by atoms with Crippen molar-refractivity contribution in [3.8, 4) is 0 Å². The van der Waals surface area contributed by atoms with Gasteiger partial charge in [0.15, 0.2) is 0 Å². The second-order valence-electron chi connectivity index (χ2n) is 8.32. The summed E-state index contributed by atoms with van der Waals surface area (Å²) < 4.78 is 0. The van der Waals surface area contributed by atoms with Crippen LogP contribution in [0.3, 0.4) is 0 Å². The fraction of sp³-hybridized carbons (Fsp3) is 0.346. The van der Waals surface area contributed by atoms with Crippen molar-refractivity contribution in [1.82, 2.24) is 9.88 Å². The van der Waals surface area contributed by atoms with E-state index in [1.807, 2.05) is 13.1 Å². The average Bonchev–Trinajstić information content (AvgIpc) is 3.17. The van der Waals surface area contributed by atoms with Crippen LogP contribution in [0.15, 0.2) is 55.2 Å². The zero-order valence-electron chi connectivity index (χ0n) is 17.5. The fourth-order valence-corrected chi connectivity index (χ4v) is 4.52. The molecule has 1 fully saturated rings. The first-order valence-electron chi connectivity index (χ1n) is 10.7. The number of benzene rings is 2. The summed E-state index contributed by atoms with van der Waals surface area (Å²) in [5, 5.41) is 1.09. The lowest BCUT2D eigenvalue weighted by molar-refractivity contribution is 0.0689. The van der Waals surface area contributed by atoms with Crippen LogP contribution in [-0.2, 0) is 12.8 Å². The van der Waals surface area contributed by atoms with Crippen molar-refractivity contribution in [1.29, 1.82) is 0 Å². The topological polar surface area (TPSA) is 36.1 Å². The minimum absolute atomic E-state index is 0.177. The number of carbonyl (C=O) groups excluding carboxylic acids is 1. The Labute approximate surface area is 173 Å². The molecule has 0 radical (unpaired) electrons. The maximum Gasteiger partial charge on any atom is 0.254 e. The largest absolute Gasteiger partial charge is 0.361 e. The number of hydrogen-bond donors (Lipinski definition) is 1. The van der Waals surface area contributed by atoms with Crippen LogP contribution in [0.5, 0.6) is 0 Å². The first-order chi connectivity index (χ1) is 14.1. The fourth-order valence-electron chi connectivity index (χ4n) is 4.52. The number of rotatable bonds is 5. The highest BCUT2D eigenvalue weighted by atomic mass is 16.2. The molecule has 1 aromatic heterocycles. The van der Waals surface area contributed by atoms with E-state index in [4.69, 9.17) is 0 Å². The lowest BCUT2D eigenvalue weighted by atomic mass is 9.89. The predicted molar refractivity (Wildman–Crippen MR) is 121 cm³/mol. The van der Waals surface area contributed by atoms with Gasteiger partial charge >= 0.3 is 0 Å². The SMILES string of the molecule is C=C(C)c1c[nH]c2cc(CC)c(C(=O)N3CCC(Cc4ccccc4)CC3)cc12. The third kappa shape index (κ3) is 4.00. The van der Waals surface area contributed by atoms with E-state index in [-0.39, 0.29) is 5.91 Å². The Kier molecular flexibility index (Phi) is 5.57. The van der Waals surface area contributed by atoms with Crippen LogP contribution in [-0.4, -0.2) is 28.9 Å². The van der Waals surface area contributed by atoms with Crippen molar-refractivity contribution in [2.24, 2.45) is 5.92 Å². The number of hydrogen-bond acceptors (Lipinski definition) is 1. The van der Waals surface area contributed by atoms with Gasteiger partial charge in [0.25, 0.3) is 5.91 Å². The van der Waals surface area contributed by atoms with Crippen LogP contribution in [0.4, 0.5) is 0 Å². The van der Waals surface area contributed by atoms with Crippen molar-refractivity contribution in [3.63, 3.8) is 0 Å².